The first-order chi connectivity index (χ1) is 8.54. The maximum atomic E-state index is 11.9. The van der Waals surface area contributed by atoms with Crippen molar-refractivity contribution < 1.29 is 19.1 Å². The van der Waals surface area contributed by atoms with Gasteiger partial charge in [-0.2, -0.15) is 0 Å². The molecule has 5 nitrogen and oxygen atoms in total. The highest BCUT2D eigenvalue weighted by Gasteiger charge is 2.29. The van der Waals surface area contributed by atoms with Gasteiger partial charge in [0.25, 0.3) is 0 Å². The SMILES string of the molecule is COC1=CC(=O)C(=O)c2c(NC(C)=O)cccc21. The number of hydrogen-bond donors (Lipinski definition) is 1. The number of fused-ring (bicyclic) bond motifs is 1. The number of ether oxygens (including phenoxy) is 1. The molecule has 1 aliphatic carbocycles. The summed E-state index contributed by atoms with van der Waals surface area (Å²) in [5.74, 6) is -1.29. The van der Waals surface area contributed by atoms with Gasteiger partial charge in [0.1, 0.15) is 5.76 Å². The molecule has 1 aliphatic rings. The Labute approximate surface area is 103 Å². The molecule has 1 aromatic carbocycles. The van der Waals surface area contributed by atoms with E-state index in [4.69, 9.17) is 4.74 Å². The molecular weight excluding hydrogens is 234 g/mol. The smallest absolute Gasteiger partial charge is 0.235 e. The molecule has 0 unspecified atom stereocenters. The minimum Gasteiger partial charge on any atom is -0.496 e. The Hall–Kier alpha value is -2.43. The minimum absolute atomic E-state index is 0.178. The molecule has 0 saturated carbocycles. The Morgan fingerprint density at radius 2 is 2.00 bits per heavy atom. The Morgan fingerprint density at radius 3 is 2.61 bits per heavy atom. The van der Waals surface area contributed by atoms with Crippen LogP contribution in [-0.4, -0.2) is 24.6 Å². The van der Waals surface area contributed by atoms with Gasteiger partial charge in [-0.15, -0.1) is 0 Å². The van der Waals surface area contributed by atoms with Gasteiger partial charge in [-0.25, -0.2) is 0 Å². The summed E-state index contributed by atoms with van der Waals surface area (Å²) >= 11 is 0. The van der Waals surface area contributed by atoms with Crippen molar-refractivity contribution in [1.29, 1.82) is 0 Å². The summed E-state index contributed by atoms with van der Waals surface area (Å²) in [5.41, 5.74) is 1.01. The van der Waals surface area contributed by atoms with Crippen molar-refractivity contribution >= 4 is 28.9 Å². The molecule has 0 bridgehead atoms. The van der Waals surface area contributed by atoms with Crippen LogP contribution in [0.5, 0.6) is 0 Å². The zero-order valence-electron chi connectivity index (χ0n) is 9.94. The van der Waals surface area contributed by atoms with Crippen LogP contribution < -0.4 is 5.32 Å². The van der Waals surface area contributed by atoms with Crippen LogP contribution in [-0.2, 0) is 14.3 Å². The maximum Gasteiger partial charge on any atom is 0.235 e. The van der Waals surface area contributed by atoms with Crippen molar-refractivity contribution in [2.45, 2.75) is 6.92 Å². The molecule has 18 heavy (non-hydrogen) atoms. The number of benzene rings is 1. The lowest BCUT2D eigenvalue weighted by Gasteiger charge is -2.18. The number of amides is 1. The van der Waals surface area contributed by atoms with Crippen LogP contribution in [0.25, 0.3) is 5.76 Å². The molecule has 0 atom stereocenters. The van der Waals surface area contributed by atoms with Gasteiger partial charge < -0.3 is 10.1 Å². The van der Waals surface area contributed by atoms with Gasteiger partial charge in [-0.1, -0.05) is 12.1 Å². The van der Waals surface area contributed by atoms with Crippen LogP contribution >= 0.6 is 0 Å². The molecule has 2 rings (SSSR count). The monoisotopic (exact) mass is 245 g/mol. The third kappa shape index (κ3) is 1.90. The lowest BCUT2D eigenvalue weighted by molar-refractivity contribution is -0.114. The fourth-order valence-electron chi connectivity index (χ4n) is 1.85. The zero-order chi connectivity index (χ0) is 13.3. The van der Waals surface area contributed by atoms with Crippen molar-refractivity contribution in [3.05, 3.63) is 35.4 Å². The van der Waals surface area contributed by atoms with Crippen LogP contribution in [0, 0.1) is 0 Å². The van der Waals surface area contributed by atoms with Gasteiger partial charge >= 0.3 is 0 Å². The number of carbonyl (C=O) groups excluding carboxylic acids is 3. The van der Waals surface area contributed by atoms with Gasteiger partial charge in [0, 0.05) is 18.6 Å². The first-order valence-corrected chi connectivity index (χ1v) is 5.30. The van der Waals surface area contributed by atoms with Crippen molar-refractivity contribution in [2.75, 3.05) is 12.4 Å². The van der Waals surface area contributed by atoms with E-state index in [1.165, 1.54) is 14.0 Å². The number of carbonyl (C=O) groups is 3. The van der Waals surface area contributed by atoms with Crippen LogP contribution in [0.1, 0.15) is 22.8 Å². The van der Waals surface area contributed by atoms with Crippen LogP contribution in [0.15, 0.2) is 24.3 Å². The number of rotatable bonds is 2. The molecule has 0 spiro atoms. The third-order valence-corrected chi connectivity index (χ3v) is 2.57. The average molecular weight is 245 g/mol. The van der Waals surface area contributed by atoms with E-state index in [1.54, 1.807) is 18.2 Å². The molecule has 5 heteroatoms. The number of ketones is 2. The fraction of sp³-hybridized carbons (Fsp3) is 0.154. The average Bonchev–Trinajstić information content (AvgIpc) is 2.33. The number of Topliss-reactive ketones (excluding diaryl/α,β-unsaturated/α-hetero) is 1. The molecule has 0 saturated heterocycles. The minimum atomic E-state index is -0.655. The van der Waals surface area contributed by atoms with Crippen molar-refractivity contribution in [1.82, 2.24) is 0 Å². The van der Waals surface area contributed by atoms with E-state index in [0.717, 1.165) is 6.08 Å². The van der Waals surface area contributed by atoms with Gasteiger partial charge in [-0.05, 0) is 6.07 Å². The zero-order valence-corrected chi connectivity index (χ0v) is 9.94. The Morgan fingerprint density at radius 1 is 1.28 bits per heavy atom. The van der Waals surface area contributed by atoms with Crippen LogP contribution in [0.4, 0.5) is 5.69 Å². The van der Waals surface area contributed by atoms with E-state index >= 15 is 0 Å². The molecule has 0 fully saturated rings. The molecule has 1 aromatic rings. The second kappa shape index (κ2) is 4.44. The summed E-state index contributed by atoms with van der Waals surface area (Å²) in [6.07, 6.45) is 1.15. The number of allylic oxidation sites excluding steroid dienone is 1. The molecular formula is C13H11NO4. The topological polar surface area (TPSA) is 72.5 Å². The fourth-order valence-corrected chi connectivity index (χ4v) is 1.85. The molecule has 0 heterocycles. The van der Waals surface area contributed by atoms with Gasteiger partial charge in [0.2, 0.25) is 17.5 Å². The maximum absolute atomic E-state index is 11.9. The highest BCUT2D eigenvalue weighted by Crippen LogP contribution is 2.30. The van der Waals surface area contributed by atoms with E-state index in [9.17, 15) is 14.4 Å². The lowest BCUT2D eigenvalue weighted by Crippen LogP contribution is -2.22. The predicted octanol–water partition coefficient (Wildman–Crippen LogP) is 1.40. The standard InChI is InChI=1S/C13H11NO4/c1-7(15)14-9-5-3-4-8-11(18-2)6-10(16)13(17)12(8)9/h3-6H,1-2H3,(H,14,15). The summed E-state index contributed by atoms with van der Waals surface area (Å²) in [4.78, 5) is 34.5. The lowest BCUT2D eigenvalue weighted by atomic mass is 9.92. The highest BCUT2D eigenvalue weighted by molar-refractivity contribution is 6.51. The Bertz CT molecular complexity index is 587. The van der Waals surface area contributed by atoms with E-state index in [0.29, 0.717) is 17.0 Å². The second-order valence-electron chi connectivity index (χ2n) is 3.82. The van der Waals surface area contributed by atoms with Gasteiger partial charge in [0.05, 0.1) is 18.4 Å². The number of hydrogen-bond acceptors (Lipinski definition) is 4. The normalized spacial score (nSPS) is 13.8. The van der Waals surface area contributed by atoms with Crippen LogP contribution in [0.2, 0.25) is 0 Å². The van der Waals surface area contributed by atoms with E-state index < -0.39 is 11.6 Å². The molecule has 1 N–H and O–H groups in total. The molecule has 0 radical (unpaired) electrons. The predicted molar refractivity (Wildman–Crippen MR) is 65.1 cm³/mol. The summed E-state index contributed by atoms with van der Waals surface area (Å²) in [6, 6.07) is 4.92. The van der Waals surface area contributed by atoms with Crippen LogP contribution in [0.3, 0.4) is 0 Å². The number of anilines is 1. The molecule has 0 aromatic heterocycles. The van der Waals surface area contributed by atoms with E-state index in [-0.39, 0.29) is 11.5 Å². The summed E-state index contributed by atoms with van der Waals surface area (Å²) in [5, 5.41) is 2.53. The highest BCUT2D eigenvalue weighted by atomic mass is 16.5. The number of nitrogens with one attached hydrogen (secondary N) is 1. The summed E-state index contributed by atoms with van der Waals surface area (Å²) in [6.45, 7) is 1.33. The number of methoxy groups -OCH3 is 1. The van der Waals surface area contributed by atoms with Gasteiger partial charge in [-0.3, -0.25) is 14.4 Å². The third-order valence-electron chi connectivity index (χ3n) is 2.57. The summed E-state index contributed by atoms with van der Waals surface area (Å²) < 4.78 is 5.07. The van der Waals surface area contributed by atoms with E-state index in [1.807, 2.05) is 0 Å². The van der Waals surface area contributed by atoms with Gasteiger partial charge in [0.15, 0.2) is 0 Å². The quantitative estimate of drug-likeness (QED) is 0.799. The summed E-state index contributed by atoms with van der Waals surface area (Å²) in [7, 11) is 1.42. The first-order valence-electron chi connectivity index (χ1n) is 5.30. The van der Waals surface area contributed by atoms with E-state index in [2.05, 4.69) is 5.32 Å². The second-order valence-corrected chi connectivity index (χ2v) is 3.82. The molecule has 92 valence electrons. The largest absolute Gasteiger partial charge is 0.496 e. The Balaban J connectivity index is 2.64. The Kier molecular flexibility index (Phi) is 2.97. The first kappa shape index (κ1) is 12.0. The van der Waals surface area contributed by atoms with Crippen molar-refractivity contribution in [2.24, 2.45) is 0 Å². The molecule has 0 aliphatic heterocycles. The van der Waals surface area contributed by atoms with Crippen molar-refractivity contribution in [3.8, 4) is 0 Å². The van der Waals surface area contributed by atoms with Crippen molar-refractivity contribution in [3.63, 3.8) is 0 Å². The molecule has 1 amide bonds.